The van der Waals surface area contributed by atoms with E-state index in [1.165, 1.54) is 4.90 Å². The molecule has 10 heteroatoms. The van der Waals surface area contributed by atoms with Crippen LogP contribution in [0, 0.1) is 11.8 Å². The molecule has 5 atom stereocenters. The molecule has 0 aromatic carbocycles. The molecule has 0 spiro atoms. The molecule has 5 unspecified atom stereocenters. The molecular formula is C19H34N4O6. The summed E-state index contributed by atoms with van der Waals surface area (Å²) >= 11 is 0. The molecule has 1 rings (SSSR count). The van der Waals surface area contributed by atoms with Crippen molar-refractivity contribution in [2.45, 2.75) is 71.1 Å². The lowest BCUT2D eigenvalue weighted by atomic mass is 9.96. The topological polar surface area (TPSA) is 162 Å². The number of carbonyl (C=O) groups excluding carboxylic acids is 3. The molecule has 3 amide bonds. The molecule has 1 aliphatic heterocycles. The molecule has 0 saturated carbocycles. The predicted octanol–water partition coefficient (Wildman–Crippen LogP) is -0.947. The second-order valence-corrected chi connectivity index (χ2v) is 7.91. The zero-order chi connectivity index (χ0) is 22.3. The summed E-state index contributed by atoms with van der Waals surface area (Å²) in [5.41, 5.74) is 5.90. The number of nitrogens with one attached hydrogen (secondary N) is 2. The summed E-state index contributed by atoms with van der Waals surface area (Å²) < 4.78 is 0. The van der Waals surface area contributed by atoms with Gasteiger partial charge in [-0.2, -0.15) is 0 Å². The number of carboxylic acid groups (broad SMARTS) is 1. The minimum Gasteiger partial charge on any atom is -0.480 e. The van der Waals surface area contributed by atoms with E-state index in [1.54, 1.807) is 0 Å². The second kappa shape index (κ2) is 11.1. The number of rotatable bonds is 10. The van der Waals surface area contributed by atoms with Gasteiger partial charge in [-0.1, -0.05) is 34.1 Å². The van der Waals surface area contributed by atoms with Crippen LogP contribution in [0.4, 0.5) is 0 Å². The number of likely N-dealkylation sites (tertiary alicyclic amines) is 1. The van der Waals surface area contributed by atoms with E-state index < -0.39 is 54.5 Å². The van der Waals surface area contributed by atoms with Crippen LogP contribution in [0.3, 0.4) is 0 Å². The first-order valence-corrected chi connectivity index (χ1v) is 10.1. The summed E-state index contributed by atoms with van der Waals surface area (Å²) in [5.74, 6) is -3.09. The van der Waals surface area contributed by atoms with E-state index in [0.717, 1.165) is 0 Å². The average molecular weight is 415 g/mol. The first-order chi connectivity index (χ1) is 13.5. The van der Waals surface area contributed by atoms with E-state index >= 15 is 0 Å². The Balaban J connectivity index is 2.97. The third-order valence-corrected chi connectivity index (χ3v) is 5.43. The number of hydrogen-bond acceptors (Lipinski definition) is 6. The lowest BCUT2D eigenvalue weighted by Crippen LogP contribution is -2.59. The van der Waals surface area contributed by atoms with Crippen molar-refractivity contribution in [1.29, 1.82) is 0 Å². The fourth-order valence-corrected chi connectivity index (χ4v) is 3.17. The average Bonchev–Trinajstić information content (AvgIpc) is 3.17. The molecule has 1 aliphatic rings. The minimum atomic E-state index is -1.44. The highest BCUT2D eigenvalue weighted by Gasteiger charge is 2.40. The van der Waals surface area contributed by atoms with Gasteiger partial charge in [-0.15, -0.1) is 0 Å². The Hall–Kier alpha value is -2.20. The first-order valence-electron chi connectivity index (χ1n) is 10.1. The van der Waals surface area contributed by atoms with E-state index in [0.29, 0.717) is 25.8 Å². The molecule has 166 valence electrons. The van der Waals surface area contributed by atoms with Crippen molar-refractivity contribution in [3.8, 4) is 0 Å². The van der Waals surface area contributed by atoms with Crippen LogP contribution in [0.1, 0.15) is 47.0 Å². The summed E-state index contributed by atoms with van der Waals surface area (Å²) in [7, 11) is 0. The fraction of sp³-hybridized carbons (Fsp3) is 0.789. The number of carbonyl (C=O) groups is 4. The van der Waals surface area contributed by atoms with Crippen molar-refractivity contribution in [2.75, 3.05) is 13.2 Å². The van der Waals surface area contributed by atoms with Crippen LogP contribution in [0.15, 0.2) is 0 Å². The summed E-state index contributed by atoms with van der Waals surface area (Å²) in [6.45, 7) is 6.93. The molecule has 0 bridgehead atoms. The highest BCUT2D eigenvalue weighted by atomic mass is 16.4. The van der Waals surface area contributed by atoms with Gasteiger partial charge in [-0.05, 0) is 24.7 Å². The van der Waals surface area contributed by atoms with Crippen LogP contribution in [0.2, 0.25) is 0 Å². The van der Waals surface area contributed by atoms with Gasteiger partial charge in [0.2, 0.25) is 17.7 Å². The van der Waals surface area contributed by atoms with Crippen LogP contribution in [0.25, 0.3) is 0 Å². The molecule has 0 aromatic heterocycles. The highest BCUT2D eigenvalue weighted by Crippen LogP contribution is 2.22. The third-order valence-electron chi connectivity index (χ3n) is 5.43. The molecule has 1 fully saturated rings. The molecule has 1 saturated heterocycles. The predicted molar refractivity (Wildman–Crippen MR) is 106 cm³/mol. The Kier molecular flexibility index (Phi) is 9.51. The molecule has 0 aliphatic carbocycles. The largest absolute Gasteiger partial charge is 0.480 e. The lowest BCUT2D eigenvalue weighted by molar-refractivity contribution is -0.146. The molecule has 0 radical (unpaired) electrons. The number of aliphatic hydroxyl groups is 1. The zero-order valence-corrected chi connectivity index (χ0v) is 17.6. The quantitative estimate of drug-likeness (QED) is 0.308. The second-order valence-electron chi connectivity index (χ2n) is 7.91. The Morgan fingerprint density at radius 3 is 2.28 bits per heavy atom. The van der Waals surface area contributed by atoms with Gasteiger partial charge in [0.1, 0.15) is 18.1 Å². The molecule has 6 N–H and O–H groups in total. The van der Waals surface area contributed by atoms with E-state index in [2.05, 4.69) is 10.6 Å². The van der Waals surface area contributed by atoms with Gasteiger partial charge in [0, 0.05) is 6.54 Å². The van der Waals surface area contributed by atoms with Crippen molar-refractivity contribution in [3.05, 3.63) is 0 Å². The van der Waals surface area contributed by atoms with Crippen LogP contribution in [-0.2, 0) is 19.2 Å². The molecule has 0 aromatic rings. The number of amides is 3. The Bertz CT molecular complexity index is 612. The monoisotopic (exact) mass is 414 g/mol. The number of carboxylic acids is 1. The number of aliphatic hydroxyl groups excluding tert-OH is 1. The maximum absolute atomic E-state index is 13.2. The Morgan fingerprint density at radius 1 is 1.17 bits per heavy atom. The number of nitrogens with two attached hydrogens (primary N) is 1. The maximum Gasteiger partial charge on any atom is 0.328 e. The maximum atomic E-state index is 13.2. The van der Waals surface area contributed by atoms with Crippen molar-refractivity contribution in [2.24, 2.45) is 17.6 Å². The van der Waals surface area contributed by atoms with Crippen molar-refractivity contribution >= 4 is 23.7 Å². The zero-order valence-electron chi connectivity index (χ0n) is 17.6. The van der Waals surface area contributed by atoms with Crippen molar-refractivity contribution in [1.82, 2.24) is 15.5 Å². The van der Waals surface area contributed by atoms with Gasteiger partial charge in [0.15, 0.2) is 0 Å². The lowest BCUT2D eigenvalue weighted by Gasteiger charge is -2.32. The molecule has 1 heterocycles. The summed E-state index contributed by atoms with van der Waals surface area (Å²) in [6, 6.07) is -3.88. The number of nitrogens with zero attached hydrogens (tertiary/aromatic N) is 1. The van der Waals surface area contributed by atoms with E-state index in [-0.39, 0.29) is 11.8 Å². The molecule has 10 nitrogen and oxygen atoms in total. The van der Waals surface area contributed by atoms with Crippen LogP contribution >= 0.6 is 0 Å². The summed E-state index contributed by atoms with van der Waals surface area (Å²) in [5, 5.41) is 23.1. The highest BCUT2D eigenvalue weighted by molar-refractivity contribution is 5.94. The van der Waals surface area contributed by atoms with Gasteiger partial charge in [0.25, 0.3) is 0 Å². The SMILES string of the molecule is CCC(C)C(NC(=O)C(N)C(C)C)C(=O)N1CCCC1C(=O)NC(CO)C(=O)O. The fourth-order valence-electron chi connectivity index (χ4n) is 3.17. The van der Waals surface area contributed by atoms with Crippen molar-refractivity contribution < 1.29 is 29.4 Å². The molecular weight excluding hydrogens is 380 g/mol. The third kappa shape index (κ3) is 6.40. The first kappa shape index (κ1) is 24.8. The number of hydrogen-bond donors (Lipinski definition) is 5. The smallest absolute Gasteiger partial charge is 0.328 e. The van der Waals surface area contributed by atoms with Gasteiger partial charge in [-0.25, -0.2) is 4.79 Å². The van der Waals surface area contributed by atoms with E-state index in [4.69, 9.17) is 15.9 Å². The standard InChI is InChI=1S/C19H34N4O6/c1-5-11(4)15(22-17(26)14(20)10(2)3)18(27)23-8-6-7-13(23)16(25)21-12(9-24)19(28)29/h10-15,24H,5-9,20H2,1-4H3,(H,21,25)(H,22,26)(H,28,29). The summed E-state index contributed by atoms with van der Waals surface area (Å²) in [4.78, 5) is 50.6. The van der Waals surface area contributed by atoms with E-state index in [1.807, 2.05) is 27.7 Å². The van der Waals surface area contributed by atoms with E-state index in [9.17, 15) is 19.2 Å². The van der Waals surface area contributed by atoms with Gasteiger partial charge in [0.05, 0.1) is 12.6 Å². The normalized spacial score (nSPS) is 20.7. The van der Waals surface area contributed by atoms with Gasteiger partial charge >= 0.3 is 5.97 Å². The van der Waals surface area contributed by atoms with Gasteiger partial charge in [-0.3, -0.25) is 14.4 Å². The Labute approximate surface area is 171 Å². The van der Waals surface area contributed by atoms with Crippen molar-refractivity contribution in [3.63, 3.8) is 0 Å². The Morgan fingerprint density at radius 2 is 1.79 bits per heavy atom. The van der Waals surface area contributed by atoms with Crippen LogP contribution in [-0.4, -0.2) is 76.1 Å². The minimum absolute atomic E-state index is 0.0977. The summed E-state index contributed by atoms with van der Waals surface area (Å²) in [6.07, 6.45) is 1.58. The number of aliphatic carboxylic acids is 1. The van der Waals surface area contributed by atoms with Crippen LogP contribution in [0.5, 0.6) is 0 Å². The van der Waals surface area contributed by atoms with Crippen LogP contribution < -0.4 is 16.4 Å². The van der Waals surface area contributed by atoms with Gasteiger partial charge < -0.3 is 31.5 Å². The molecule has 29 heavy (non-hydrogen) atoms.